The third-order valence-electron chi connectivity index (χ3n) is 2.26. The first-order chi connectivity index (χ1) is 6.94. The van der Waals surface area contributed by atoms with Crippen LogP contribution in [0, 0.1) is 0 Å². The molecule has 2 N–H and O–H groups in total. The van der Waals surface area contributed by atoms with Gasteiger partial charge in [-0.25, -0.2) is 0 Å². The number of hydrogen-bond donors (Lipinski definition) is 2. The van der Waals surface area contributed by atoms with Gasteiger partial charge in [0, 0.05) is 6.54 Å². The van der Waals surface area contributed by atoms with Gasteiger partial charge in [0.1, 0.15) is 5.76 Å². The molecule has 0 bridgehead atoms. The van der Waals surface area contributed by atoms with E-state index in [1.807, 2.05) is 19.9 Å². The standard InChI is InChI=1S/C10H15Br2NO2/c1-3-10(2,14)6-13-5-7-4-8(11)9(12)15-7/h4,13-14H,3,5-6H2,1-2H3. The minimum absolute atomic E-state index is 0.555. The summed E-state index contributed by atoms with van der Waals surface area (Å²) in [4.78, 5) is 0. The predicted octanol–water partition coefficient (Wildman–Crippen LogP) is 3.06. The van der Waals surface area contributed by atoms with E-state index < -0.39 is 5.60 Å². The Balaban J connectivity index is 2.38. The van der Waals surface area contributed by atoms with Crippen molar-refractivity contribution < 1.29 is 9.52 Å². The molecule has 0 spiro atoms. The Morgan fingerprint density at radius 3 is 2.67 bits per heavy atom. The molecule has 0 aliphatic heterocycles. The number of hydrogen-bond acceptors (Lipinski definition) is 3. The van der Waals surface area contributed by atoms with E-state index in [9.17, 15) is 5.11 Å². The number of aliphatic hydroxyl groups is 1. The average molecular weight is 341 g/mol. The van der Waals surface area contributed by atoms with Crippen molar-refractivity contribution in [2.24, 2.45) is 0 Å². The van der Waals surface area contributed by atoms with Crippen LogP contribution in [0.1, 0.15) is 26.0 Å². The van der Waals surface area contributed by atoms with E-state index in [0.29, 0.717) is 17.8 Å². The highest BCUT2D eigenvalue weighted by molar-refractivity contribution is 9.13. The van der Waals surface area contributed by atoms with Crippen molar-refractivity contribution in [3.63, 3.8) is 0 Å². The second-order valence-corrected chi connectivity index (χ2v) is 5.36. The van der Waals surface area contributed by atoms with Crippen LogP contribution in [0.2, 0.25) is 0 Å². The maximum Gasteiger partial charge on any atom is 0.183 e. The smallest absolute Gasteiger partial charge is 0.183 e. The zero-order valence-corrected chi connectivity index (χ0v) is 12.0. The van der Waals surface area contributed by atoms with E-state index in [0.717, 1.165) is 16.7 Å². The molecule has 15 heavy (non-hydrogen) atoms. The van der Waals surface area contributed by atoms with Crippen LogP contribution in [0.4, 0.5) is 0 Å². The fraction of sp³-hybridized carbons (Fsp3) is 0.600. The molecule has 0 saturated carbocycles. The van der Waals surface area contributed by atoms with Crippen molar-refractivity contribution in [1.29, 1.82) is 0 Å². The van der Waals surface area contributed by atoms with E-state index in [1.54, 1.807) is 0 Å². The van der Waals surface area contributed by atoms with Gasteiger partial charge in [-0.2, -0.15) is 0 Å². The summed E-state index contributed by atoms with van der Waals surface area (Å²) < 4.78 is 6.99. The van der Waals surface area contributed by atoms with Gasteiger partial charge >= 0.3 is 0 Å². The van der Waals surface area contributed by atoms with E-state index in [2.05, 4.69) is 37.2 Å². The molecular formula is C10H15Br2NO2. The molecule has 1 unspecified atom stereocenters. The summed E-state index contributed by atoms with van der Waals surface area (Å²) >= 11 is 6.61. The van der Waals surface area contributed by atoms with Gasteiger partial charge in [-0.15, -0.1) is 0 Å². The Bertz CT molecular complexity index is 304. The second-order valence-electron chi connectivity index (χ2n) is 3.79. The topological polar surface area (TPSA) is 45.4 Å². The lowest BCUT2D eigenvalue weighted by atomic mass is 10.0. The lowest BCUT2D eigenvalue weighted by Gasteiger charge is -2.21. The average Bonchev–Trinajstić information content (AvgIpc) is 2.46. The van der Waals surface area contributed by atoms with E-state index in [4.69, 9.17) is 4.42 Å². The van der Waals surface area contributed by atoms with Gasteiger partial charge in [-0.05, 0) is 51.3 Å². The monoisotopic (exact) mass is 339 g/mol. The molecule has 0 aliphatic rings. The molecule has 0 fully saturated rings. The third-order valence-corrected chi connectivity index (χ3v) is 3.97. The highest BCUT2D eigenvalue weighted by Gasteiger charge is 2.16. The molecule has 0 saturated heterocycles. The van der Waals surface area contributed by atoms with Crippen molar-refractivity contribution in [3.8, 4) is 0 Å². The van der Waals surface area contributed by atoms with Crippen LogP contribution in [0.3, 0.4) is 0 Å². The summed E-state index contributed by atoms with van der Waals surface area (Å²) in [6, 6.07) is 1.90. The summed E-state index contributed by atoms with van der Waals surface area (Å²) in [6.45, 7) is 4.94. The summed E-state index contributed by atoms with van der Waals surface area (Å²) in [5.74, 6) is 0.834. The molecule has 1 heterocycles. The largest absolute Gasteiger partial charge is 0.452 e. The SMILES string of the molecule is CCC(C)(O)CNCc1cc(Br)c(Br)o1. The van der Waals surface area contributed by atoms with Gasteiger partial charge in [0.2, 0.25) is 0 Å². The molecule has 1 atom stereocenters. The maximum atomic E-state index is 9.75. The number of furan rings is 1. The van der Waals surface area contributed by atoms with Crippen molar-refractivity contribution in [3.05, 3.63) is 21.0 Å². The quantitative estimate of drug-likeness (QED) is 0.865. The number of nitrogens with one attached hydrogen (secondary N) is 1. The molecule has 1 aromatic heterocycles. The highest BCUT2D eigenvalue weighted by atomic mass is 79.9. The van der Waals surface area contributed by atoms with E-state index in [1.165, 1.54) is 0 Å². The Hall–Kier alpha value is 0.160. The van der Waals surface area contributed by atoms with Crippen molar-refractivity contribution in [2.45, 2.75) is 32.4 Å². The van der Waals surface area contributed by atoms with Gasteiger partial charge in [0.15, 0.2) is 4.67 Å². The van der Waals surface area contributed by atoms with Gasteiger partial charge in [0.25, 0.3) is 0 Å². The van der Waals surface area contributed by atoms with Gasteiger partial charge in [-0.3, -0.25) is 0 Å². The summed E-state index contributed by atoms with van der Waals surface area (Å²) in [7, 11) is 0. The summed E-state index contributed by atoms with van der Waals surface area (Å²) in [6.07, 6.45) is 0.728. The molecule has 1 aromatic rings. The molecule has 0 aliphatic carbocycles. The molecule has 3 nitrogen and oxygen atoms in total. The number of rotatable bonds is 5. The van der Waals surface area contributed by atoms with E-state index >= 15 is 0 Å². The van der Waals surface area contributed by atoms with Crippen LogP contribution in [0.15, 0.2) is 19.6 Å². The first-order valence-electron chi connectivity index (χ1n) is 4.81. The Kier molecular flexibility index (Phi) is 4.83. The maximum absolute atomic E-state index is 9.75. The zero-order valence-electron chi connectivity index (χ0n) is 8.81. The third kappa shape index (κ3) is 4.26. The normalized spacial score (nSPS) is 15.3. The summed E-state index contributed by atoms with van der Waals surface area (Å²) in [5, 5.41) is 12.9. The zero-order chi connectivity index (χ0) is 11.5. The molecular weight excluding hydrogens is 326 g/mol. The van der Waals surface area contributed by atoms with Crippen LogP contribution in [0.25, 0.3) is 0 Å². The Labute approximate surface area is 106 Å². The Morgan fingerprint density at radius 2 is 2.20 bits per heavy atom. The van der Waals surface area contributed by atoms with Crippen LogP contribution in [-0.2, 0) is 6.54 Å². The minimum atomic E-state index is -0.652. The van der Waals surface area contributed by atoms with Crippen LogP contribution >= 0.6 is 31.9 Å². The fourth-order valence-electron chi connectivity index (χ4n) is 1.06. The van der Waals surface area contributed by atoms with Crippen LogP contribution in [0.5, 0.6) is 0 Å². The molecule has 0 aromatic carbocycles. The van der Waals surface area contributed by atoms with Crippen LogP contribution < -0.4 is 5.32 Å². The molecule has 0 radical (unpaired) electrons. The lowest BCUT2D eigenvalue weighted by Crippen LogP contribution is -2.36. The minimum Gasteiger partial charge on any atom is -0.452 e. The van der Waals surface area contributed by atoms with Gasteiger partial charge in [-0.1, -0.05) is 6.92 Å². The fourth-order valence-corrected chi connectivity index (χ4v) is 1.72. The first-order valence-corrected chi connectivity index (χ1v) is 6.40. The predicted molar refractivity (Wildman–Crippen MR) is 66.7 cm³/mol. The highest BCUT2D eigenvalue weighted by Crippen LogP contribution is 2.26. The van der Waals surface area contributed by atoms with Crippen molar-refractivity contribution in [1.82, 2.24) is 5.32 Å². The lowest BCUT2D eigenvalue weighted by molar-refractivity contribution is 0.0551. The molecule has 5 heteroatoms. The van der Waals surface area contributed by atoms with Gasteiger partial charge in [0.05, 0.1) is 16.6 Å². The van der Waals surface area contributed by atoms with E-state index in [-0.39, 0.29) is 0 Å². The summed E-state index contributed by atoms with van der Waals surface area (Å²) in [5.41, 5.74) is -0.652. The first kappa shape index (κ1) is 13.2. The van der Waals surface area contributed by atoms with Crippen molar-refractivity contribution >= 4 is 31.9 Å². The van der Waals surface area contributed by atoms with Crippen LogP contribution in [-0.4, -0.2) is 17.3 Å². The van der Waals surface area contributed by atoms with Gasteiger partial charge < -0.3 is 14.8 Å². The molecule has 1 rings (SSSR count). The van der Waals surface area contributed by atoms with Crippen molar-refractivity contribution in [2.75, 3.05) is 6.54 Å². The Morgan fingerprint density at radius 1 is 1.53 bits per heavy atom. The molecule has 86 valence electrons. The molecule has 0 amide bonds. The number of halogens is 2. The second kappa shape index (κ2) is 5.48.